The summed E-state index contributed by atoms with van der Waals surface area (Å²) in [6, 6.07) is 14.9. The molecule has 2 aromatic carbocycles. The standard InChI is InChI=1S/C19H23N3/c1-3-4-11-22-18-10-5-14(2)12-17(18)21-19(22)16-8-6-15(13-20)7-9-16/h5-10,12H,3-4,11,13,20H2,1-2H3. The third-order valence-corrected chi connectivity index (χ3v) is 4.09. The Labute approximate surface area is 131 Å². The number of fused-ring (bicyclic) bond motifs is 1. The molecule has 0 bridgehead atoms. The van der Waals surface area contributed by atoms with Crippen LogP contribution >= 0.6 is 0 Å². The van der Waals surface area contributed by atoms with Crippen molar-refractivity contribution in [2.45, 2.75) is 39.8 Å². The maximum Gasteiger partial charge on any atom is 0.141 e. The minimum atomic E-state index is 0.575. The monoisotopic (exact) mass is 293 g/mol. The average molecular weight is 293 g/mol. The fourth-order valence-electron chi connectivity index (χ4n) is 2.79. The van der Waals surface area contributed by atoms with Gasteiger partial charge in [0.2, 0.25) is 0 Å². The van der Waals surface area contributed by atoms with Gasteiger partial charge in [0.05, 0.1) is 11.0 Å². The third kappa shape index (κ3) is 2.77. The Morgan fingerprint density at radius 3 is 2.55 bits per heavy atom. The molecule has 0 radical (unpaired) electrons. The maximum absolute atomic E-state index is 5.69. The molecule has 1 heterocycles. The largest absolute Gasteiger partial charge is 0.326 e. The van der Waals surface area contributed by atoms with Gasteiger partial charge in [0.1, 0.15) is 5.82 Å². The minimum Gasteiger partial charge on any atom is -0.326 e. The summed E-state index contributed by atoms with van der Waals surface area (Å²) in [7, 11) is 0. The van der Waals surface area contributed by atoms with E-state index in [2.05, 4.69) is 60.9 Å². The molecule has 2 N–H and O–H groups in total. The Balaban J connectivity index is 2.13. The lowest BCUT2D eigenvalue weighted by Crippen LogP contribution is -2.01. The van der Waals surface area contributed by atoms with Crippen molar-refractivity contribution in [1.82, 2.24) is 9.55 Å². The summed E-state index contributed by atoms with van der Waals surface area (Å²) in [6.45, 7) is 5.91. The van der Waals surface area contributed by atoms with Gasteiger partial charge in [-0.3, -0.25) is 0 Å². The second-order valence-electron chi connectivity index (χ2n) is 5.83. The summed E-state index contributed by atoms with van der Waals surface area (Å²) >= 11 is 0. The Morgan fingerprint density at radius 2 is 1.86 bits per heavy atom. The van der Waals surface area contributed by atoms with Crippen molar-refractivity contribution in [3.8, 4) is 11.4 Å². The first-order valence-corrected chi connectivity index (χ1v) is 7.99. The predicted octanol–water partition coefficient (Wildman–Crippen LogP) is 4.27. The fraction of sp³-hybridized carbons (Fsp3) is 0.316. The lowest BCUT2D eigenvalue weighted by Gasteiger charge is -2.09. The molecule has 0 amide bonds. The van der Waals surface area contributed by atoms with E-state index in [1.54, 1.807) is 0 Å². The van der Waals surface area contributed by atoms with Gasteiger partial charge in [-0.05, 0) is 36.6 Å². The SMILES string of the molecule is CCCCn1c(-c2ccc(CN)cc2)nc2cc(C)ccc21. The Kier molecular flexibility index (Phi) is 4.25. The highest BCUT2D eigenvalue weighted by Gasteiger charge is 2.12. The smallest absolute Gasteiger partial charge is 0.141 e. The quantitative estimate of drug-likeness (QED) is 0.763. The van der Waals surface area contributed by atoms with Crippen LogP contribution in [0.5, 0.6) is 0 Å². The number of benzene rings is 2. The van der Waals surface area contributed by atoms with Crippen LogP contribution in [0, 0.1) is 6.92 Å². The van der Waals surface area contributed by atoms with Crippen LogP contribution in [0.25, 0.3) is 22.4 Å². The van der Waals surface area contributed by atoms with E-state index in [1.807, 2.05) is 0 Å². The normalized spacial score (nSPS) is 11.2. The number of imidazole rings is 1. The molecule has 0 saturated heterocycles. The zero-order chi connectivity index (χ0) is 15.5. The molecule has 1 aromatic heterocycles. The molecule has 3 rings (SSSR count). The van der Waals surface area contributed by atoms with Gasteiger partial charge in [-0.2, -0.15) is 0 Å². The van der Waals surface area contributed by atoms with Crippen LogP contribution in [-0.2, 0) is 13.1 Å². The van der Waals surface area contributed by atoms with Gasteiger partial charge in [0.15, 0.2) is 0 Å². The Hall–Kier alpha value is -2.13. The molecule has 3 heteroatoms. The average Bonchev–Trinajstić information content (AvgIpc) is 2.90. The first-order valence-electron chi connectivity index (χ1n) is 7.99. The molecule has 3 aromatic rings. The van der Waals surface area contributed by atoms with Gasteiger partial charge in [0.25, 0.3) is 0 Å². The van der Waals surface area contributed by atoms with Crippen molar-refractivity contribution in [3.05, 3.63) is 53.6 Å². The maximum atomic E-state index is 5.69. The molecule has 22 heavy (non-hydrogen) atoms. The predicted molar refractivity (Wildman–Crippen MR) is 92.7 cm³/mol. The summed E-state index contributed by atoms with van der Waals surface area (Å²) < 4.78 is 2.34. The van der Waals surface area contributed by atoms with Gasteiger partial charge >= 0.3 is 0 Å². The number of aromatic nitrogens is 2. The molecule has 0 aliphatic heterocycles. The van der Waals surface area contributed by atoms with Crippen molar-refractivity contribution in [3.63, 3.8) is 0 Å². The molecular weight excluding hydrogens is 270 g/mol. The van der Waals surface area contributed by atoms with E-state index in [0.29, 0.717) is 6.54 Å². The molecule has 0 fully saturated rings. The molecule has 0 aliphatic carbocycles. The van der Waals surface area contributed by atoms with Crippen LogP contribution in [0.3, 0.4) is 0 Å². The fourth-order valence-corrected chi connectivity index (χ4v) is 2.79. The number of rotatable bonds is 5. The van der Waals surface area contributed by atoms with E-state index in [0.717, 1.165) is 35.4 Å². The van der Waals surface area contributed by atoms with E-state index in [4.69, 9.17) is 10.7 Å². The van der Waals surface area contributed by atoms with Crippen molar-refractivity contribution in [2.24, 2.45) is 5.73 Å². The summed E-state index contributed by atoms with van der Waals surface area (Å²) in [5.41, 5.74) is 11.5. The Morgan fingerprint density at radius 1 is 1.09 bits per heavy atom. The molecule has 114 valence electrons. The van der Waals surface area contributed by atoms with Crippen molar-refractivity contribution >= 4 is 11.0 Å². The van der Waals surface area contributed by atoms with Crippen LogP contribution in [0.4, 0.5) is 0 Å². The lowest BCUT2D eigenvalue weighted by atomic mass is 10.1. The van der Waals surface area contributed by atoms with Gasteiger partial charge in [0, 0.05) is 18.7 Å². The zero-order valence-electron chi connectivity index (χ0n) is 13.3. The van der Waals surface area contributed by atoms with Crippen LogP contribution < -0.4 is 5.73 Å². The highest BCUT2D eigenvalue weighted by atomic mass is 15.1. The second kappa shape index (κ2) is 6.32. The van der Waals surface area contributed by atoms with Crippen LogP contribution in [0.2, 0.25) is 0 Å². The zero-order valence-corrected chi connectivity index (χ0v) is 13.3. The van der Waals surface area contributed by atoms with Gasteiger partial charge in [-0.15, -0.1) is 0 Å². The van der Waals surface area contributed by atoms with Crippen molar-refractivity contribution < 1.29 is 0 Å². The summed E-state index contributed by atoms with van der Waals surface area (Å²) in [6.07, 6.45) is 2.34. The number of aryl methyl sites for hydroxylation is 2. The molecule has 0 saturated carbocycles. The number of hydrogen-bond acceptors (Lipinski definition) is 2. The number of nitrogens with two attached hydrogens (primary N) is 1. The summed E-state index contributed by atoms with van der Waals surface area (Å²) in [5, 5.41) is 0. The van der Waals surface area contributed by atoms with E-state index < -0.39 is 0 Å². The number of unbranched alkanes of at least 4 members (excludes halogenated alkanes) is 1. The molecular formula is C19H23N3. The second-order valence-corrected chi connectivity index (χ2v) is 5.83. The molecule has 0 aliphatic rings. The number of hydrogen-bond donors (Lipinski definition) is 1. The topological polar surface area (TPSA) is 43.8 Å². The van der Waals surface area contributed by atoms with Gasteiger partial charge < -0.3 is 10.3 Å². The van der Waals surface area contributed by atoms with E-state index in [1.165, 1.54) is 17.5 Å². The van der Waals surface area contributed by atoms with E-state index in [-0.39, 0.29) is 0 Å². The molecule has 0 unspecified atom stereocenters. The highest BCUT2D eigenvalue weighted by Crippen LogP contribution is 2.26. The third-order valence-electron chi connectivity index (χ3n) is 4.09. The summed E-state index contributed by atoms with van der Waals surface area (Å²) in [5.74, 6) is 1.05. The van der Waals surface area contributed by atoms with Crippen molar-refractivity contribution in [2.75, 3.05) is 0 Å². The van der Waals surface area contributed by atoms with Crippen LogP contribution in [-0.4, -0.2) is 9.55 Å². The number of nitrogens with zero attached hydrogens (tertiary/aromatic N) is 2. The minimum absolute atomic E-state index is 0.575. The van der Waals surface area contributed by atoms with Gasteiger partial charge in [-0.25, -0.2) is 4.98 Å². The molecule has 0 atom stereocenters. The van der Waals surface area contributed by atoms with Gasteiger partial charge in [-0.1, -0.05) is 43.7 Å². The first-order chi connectivity index (χ1) is 10.7. The van der Waals surface area contributed by atoms with E-state index >= 15 is 0 Å². The van der Waals surface area contributed by atoms with Crippen molar-refractivity contribution in [1.29, 1.82) is 0 Å². The highest BCUT2D eigenvalue weighted by molar-refractivity contribution is 5.81. The first kappa shape index (κ1) is 14.8. The van der Waals surface area contributed by atoms with Crippen LogP contribution in [0.1, 0.15) is 30.9 Å². The molecule has 0 spiro atoms. The lowest BCUT2D eigenvalue weighted by molar-refractivity contribution is 0.651. The van der Waals surface area contributed by atoms with Crippen LogP contribution in [0.15, 0.2) is 42.5 Å². The van der Waals surface area contributed by atoms with E-state index in [9.17, 15) is 0 Å². The Bertz CT molecular complexity index is 769. The summed E-state index contributed by atoms with van der Waals surface area (Å²) in [4.78, 5) is 4.88. The molecule has 3 nitrogen and oxygen atoms in total.